The Morgan fingerprint density at radius 1 is 1.17 bits per heavy atom. The maximum Gasteiger partial charge on any atom is 0.416 e. The van der Waals surface area contributed by atoms with Gasteiger partial charge < -0.3 is 10.1 Å². The quantitative estimate of drug-likeness (QED) is 0.678. The molecule has 0 saturated carbocycles. The van der Waals surface area contributed by atoms with Crippen LogP contribution < -0.4 is 14.4 Å². The fourth-order valence-electron chi connectivity index (χ4n) is 2.90. The Hall–Kier alpha value is -2.75. The van der Waals surface area contributed by atoms with E-state index in [2.05, 4.69) is 5.32 Å². The third-order valence-corrected chi connectivity index (χ3v) is 5.63. The number of rotatable bonds is 8. The van der Waals surface area contributed by atoms with Crippen molar-refractivity contribution < 1.29 is 31.1 Å². The van der Waals surface area contributed by atoms with Gasteiger partial charge in [0, 0.05) is 6.54 Å². The SMILES string of the molecule is COc1ccc(CCNC(=O)C(C)N(c2cccc(C(F)(F)F)c2)S(C)(=O)=O)cc1. The van der Waals surface area contributed by atoms with Crippen LogP contribution in [0, 0.1) is 0 Å². The highest BCUT2D eigenvalue weighted by molar-refractivity contribution is 7.92. The third kappa shape index (κ3) is 6.12. The number of anilines is 1. The van der Waals surface area contributed by atoms with Crippen LogP contribution in [0.5, 0.6) is 5.75 Å². The number of sulfonamides is 1. The van der Waals surface area contributed by atoms with Crippen molar-refractivity contribution in [3.63, 3.8) is 0 Å². The van der Waals surface area contributed by atoms with Gasteiger partial charge in [-0.05, 0) is 49.2 Å². The van der Waals surface area contributed by atoms with Crippen molar-refractivity contribution in [1.82, 2.24) is 5.32 Å². The normalized spacial score (nSPS) is 12.9. The number of methoxy groups -OCH3 is 1. The second-order valence-corrected chi connectivity index (χ2v) is 8.53. The Morgan fingerprint density at radius 3 is 2.33 bits per heavy atom. The summed E-state index contributed by atoms with van der Waals surface area (Å²) in [5.74, 6) is 0.0765. The highest BCUT2D eigenvalue weighted by atomic mass is 32.2. The molecule has 30 heavy (non-hydrogen) atoms. The molecule has 2 rings (SSSR count). The molecule has 1 amide bonds. The Morgan fingerprint density at radius 2 is 1.80 bits per heavy atom. The van der Waals surface area contributed by atoms with Gasteiger partial charge in [-0.25, -0.2) is 8.42 Å². The number of halogens is 3. The molecule has 0 saturated heterocycles. The summed E-state index contributed by atoms with van der Waals surface area (Å²) >= 11 is 0. The lowest BCUT2D eigenvalue weighted by molar-refractivity contribution is -0.137. The molecule has 1 atom stereocenters. The van der Waals surface area contributed by atoms with Gasteiger partial charge in [0.2, 0.25) is 15.9 Å². The second-order valence-electron chi connectivity index (χ2n) is 6.67. The third-order valence-electron chi connectivity index (χ3n) is 4.39. The van der Waals surface area contributed by atoms with Gasteiger partial charge in [0.1, 0.15) is 11.8 Å². The number of ether oxygens (including phenoxy) is 1. The fourth-order valence-corrected chi connectivity index (χ4v) is 4.06. The van der Waals surface area contributed by atoms with Gasteiger partial charge in [-0.1, -0.05) is 18.2 Å². The summed E-state index contributed by atoms with van der Waals surface area (Å²) in [7, 11) is -2.47. The Kier molecular flexibility index (Phi) is 7.35. The van der Waals surface area contributed by atoms with E-state index in [1.807, 2.05) is 12.1 Å². The molecule has 1 N–H and O–H groups in total. The molecule has 0 heterocycles. The van der Waals surface area contributed by atoms with Crippen LogP contribution in [-0.2, 0) is 27.4 Å². The van der Waals surface area contributed by atoms with Crippen LogP contribution in [0.3, 0.4) is 0 Å². The van der Waals surface area contributed by atoms with Gasteiger partial charge in [0.15, 0.2) is 0 Å². The maximum absolute atomic E-state index is 13.0. The molecule has 0 radical (unpaired) electrons. The first kappa shape index (κ1) is 23.5. The molecule has 2 aromatic rings. The van der Waals surface area contributed by atoms with Crippen LogP contribution in [0.15, 0.2) is 48.5 Å². The van der Waals surface area contributed by atoms with Gasteiger partial charge in [0.25, 0.3) is 0 Å². The zero-order chi connectivity index (χ0) is 22.5. The van der Waals surface area contributed by atoms with Crippen molar-refractivity contribution in [3.8, 4) is 5.75 Å². The van der Waals surface area contributed by atoms with Gasteiger partial charge in [0.05, 0.1) is 24.6 Å². The molecule has 0 aromatic heterocycles. The van der Waals surface area contributed by atoms with Gasteiger partial charge in [-0.2, -0.15) is 13.2 Å². The molecule has 10 heteroatoms. The summed E-state index contributed by atoms with van der Waals surface area (Å²) in [6.07, 6.45) is -3.30. The lowest BCUT2D eigenvalue weighted by Crippen LogP contribution is -2.48. The highest BCUT2D eigenvalue weighted by Crippen LogP contribution is 2.32. The van der Waals surface area contributed by atoms with E-state index in [9.17, 15) is 26.4 Å². The average molecular weight is 444 g/mol. The van der Waals surface area contributed by atoms with Gasteiger partial charge >= 0.3 is 6.18 Å². The number of amides is 1. The minimum Gasteiger partial charge on any atom is -0.497 e. The number of hydrogen-bond donors (Lipinski definition) is 1. The van der Waals surface area contributed by atoms with E-state index in [1.165, 1.54) is 13.0 Å². The van der Waals surface area contributed by atoms with Crippen molar-refractivity contribution in [1.29, 1.82) is 0 Å². The van der Waals surface area contributed by atoms with Gasteiger partial charge in [-0.3, -0.25) is 9.10 Å². The average Bonchev–Trinajstić information content (AvgIpc) is 2.67. The van der Waals surface area contributed by atoms with Crippen molar-refractivity contribution in [3.05, 3.63) is 59.7 Å². The summed E-state index contributed by atoms with van der Waals surface area (Å²) in [5.41, 5.74) is -0.299. The van der Waals surface area contributed by atoms with Crippen LogP contribution in [0.25, 0.3) is 0 Å². The Labute approximate surface area is 173 Å². The van der Waals surface area contributed by atoms with Crippen molar-refractivity contribution in [2.24, 2.45) is 0 Å². The van der Waals surface area contributed by atoms with E-state index >= 15 is 0 Å². The number of alkyl halides is 3. The van der Waals surface area contributed by atoms with Gasteiger partial charge in [-0.15, -0.1) is 0 Å². The van der Waals surface area contributed by atoms with E-state index < -0.39 is 33.7 Å². The minimum absolute atomic E-state index is 0.231. The summed E-state index contributed by atoms with van der Waals surface area (Å²) in [6.45, 7) is 1.56. The molecule has 164 valence electrons. The van der Waals surface area contributed by atoms with Crippen LogP contribution in [0.1, 0.15) is 18.1 Å². The molecule has 0 spiro atoms. The predicted molar refractivity (Wildman–Crippen MR) is 108 cm³/mol. The fraction of sp³-hybridized carbons (Fsp3) is 0.350. The first-order chi connectivity index (χ1) is 13.9. The molecule has 2 aromatic carbocycles. The standard InChI is InChI=1S/C20H23F3N2O4S/c1-14(19(26)24-12-11-15-7-9-18(29-2)10-8-15)25(30(3,27)28)17-6-4-5-16(13-17)20(21,22)23/h4-10,13-14H,11-12H2,1-3H3,(H,24,26). The lowest BCUT2D eigenvalue weighted by Gasteiger charge is -2.28. The van der Waals surface area contributed by atoms with Crippen LogP contribution in [0.2, 0.25) is 0 Å². The minimum atomic E-state index is -4.64. The molecule has 0 aliphatic heterocycles. The largest absolute Gasteiger partial charge is 0.497 e. The number of carbonyl (C=O) groups excluding carboxylic acids is 1. The van der Waals surface area contributed by atoms with E-state index in [-0.39, 0.29) is 12.2 Å². The molecule has 0 aliphatic rings. The highest BCUT2D eigenvalue weighted by Gasteiger charge is 2.33. The molecule has 0 aliphatic carbocycles. The smallest absolute Gasteiger partial charge is 0.416 e. The Balaban J connectivity index is 2.13. The van der Waals surface area contributed by atoms with E-state index in [0.29, 0.717) is 22.5 Å². The van der Waals surface area contributed by atoms with E-state index in [0.717, 1.165) is 24.0 Å². The number of nitrogens with one attached hydrogen (secondary N) is 1. The number of carbonyl (C=O) groups is 1. The zero-order valence-corrected chi connectivity index (χ0v) is 17.5. The first-order valence-corrected chi connectivity index (χ1v) is 10.9. The topological polar surface area (TPSA) is 75.7 Å². The second kappa shape index (κ2) is 9.38. The van der Waals surface area contributed by atoms with Crippen molar-refractivity contribution >= 4 is 21.6 Å². The lowest BCUT2D eigenvalue weighted by atomic mass is 10.1. The zero-order valence-electron chi connectivity index (χ0n) is 16.7. The number of hydrogen-bond acceptors (Lipinski definition) is 4. The van der Waals surface area contributed by atoms with Crippen LogP contribution in [0.4, 0.5) is 18.9 Å². The number of nitrogens with zero attached hydrogens (tertiary/aromatic N) is 1. The van der Waals surface area contributed by atoms with Crippen LogP contribution >= 0.6 is 0 Å². The summed E-state index contributed by atoms with van der Waals surface area (Å²) in [5, 5.41) is 2.63. The monoisotopic (exact) mass is 444 g/mol. The van der Waals surface area contributed by atoms with E-state index in [4.69, 9.17) is 4.74 Å². The molecule has 0 bridgehead atoms. The number of benzene rings is 2. The molecule has 1 unspecified atom stereocenters. The van der Waals surface area contributed by atoms with Crippen LogP contribution in [-0.4, -0.2) is 40.3 Å². The predicted octanol–water partition coefficient (Wildman–Crippen LogP) is 3.23. The molecule has 6 nitrogen and oxygen atoms in total. The molecule has 0 fully saturated rings. The van der Waals surface area contributed by atoms with Crippen molar-refractivity contribution in [2.45, 2.75) is 25.6 Å². The Bertz CT molecular complexity index is 976. The summed E-state index contributed by atoms with van der Waals surface area (Å²) < 4.78 is 69.3. The molecular formula is C20H23F3N2O4S. The molecular weight excluding hydrogens is 421 g/mol. The summed E-state index contributed by atoms with van der Waals surface area (Å²) in [4.78, 5) is 12.5. The summed E-state index contributed by atoms with van der Waals surface area (Å²) in [6, 6.07) is 9.85. The first-order valence-electron chi connectivity index (χ1n) is 9.01. The maximum atomic E-state index is 13.0. The van der Waals surface area contributed by atoms with E-state index in [1.54, 1.807) is 19.2 Å². The van der Waals surface area contributed by atoms with Crippen molar-refractivity contribution in [2.75, 3.05) is 24.2 Å².